The van der Waals surface area contributed by atoms with Crippen LogP contribution in [0.25, 0.3) is 0 Å². The molecule has 0 bridgehead atoms. The molecule has 7 heteroatoms. The first-order chi connectivity index (χ1) is 8.36. The van der Waals surface area contributed by atoms with Gasteiger partial charge >= 0.3 is 17.9 Å². The van der Waals surface area contributed by atoms with E-state index in [4.69, 9.17) is 18.9 Å². The van der Waals surface area contributed by atoms with Crippen LogP contribution in [0.15, 0.2) is 0 Å². The molecular weight excluding hydrogens is 244 g/mol. The van der Waals surface area contributed by atoms with Gasteiger partial charge in [0.2, 0.25) is 0 Å². The van der Waals surface area contributed by atoms with E-state index in [0.717, 1.165) is 13.8 Å². The van der Waals surface area contributed by atoms with Gasteiger partial charge in [-0.1, -0.05) is 0 Å². The standard InChI is InChI=1S/C11H18O7/c1-5-15-6-10(16-7(2)12)11(17-8(3)13)18-9(4)14/h10-11H,5-6H2,1-4H3. The zero-order chi connectivity index (χ0) is 14.1. The maximum atomic E-state index is 10.9. The van der Waals surface area contributed by atoms with Crippen LogP contribution in [0.1, 0.15) is 27.7 Å². The number of hydrogen-bond donors (Lipinski definition) is 0. The summed E-state index contributed by atoms with van der Waals surface area (Å²) in [5.74, 6) is -1.91. The van der Waals surface area contributed by atoms with Crippen molar-refractivity contribution in [1.29, 1.82) is 0 Å². The van der Waals surface area contributed by atoms with E-state index in [-0.39, 0.29) is 6.61 Å². The Balaban J connectivity index is 4.73. The summed E-state index contributed by atoms with van der Waals surface area (Å²) in [6.07, 6.45) is -2.30. The minimum atomic E-state index is -1.31. The molecule has 7 nitrogen and oxygen atoms in total. The highest BCUT2D eigenvalue weighted by Gasteiger charge is 2.30. The van der Waals surface area contributed by atoms with E-state index in [0.29, 0.717) is 6.61 Å². The van der Waals surface area contributed by atoms with Gasteiger partial charge < -0.3 is 18.9 Å². The molecule has 0 heterocycles. The third kappa shape index (κ3) is 7.61. The maximum absolute atomic E-state index is 10.9. The number of carbonyl (C=O) groups is 3. The molecule has 0 amide bonds. The quantitative estimate of drug-likeness (QED) is 0.485. The van der Waals surface area contributed by atoms with Crippen LogP contribution in [0.5, 0.6) is 0 Å². The summed E-state index contributed by atoms with van der Waals surface area (Å²) in [5.41, 5.74) is 0. The predicted molar refractivity (Wildman–Crippen MR) is 59.4 cm³/mol. The molecule has 0 saturated heterocycles. The van der Waals surface area contributed by atoms with Crippen molar-refractivity contribution in [3.8, 4) is 0 Å². The molecule has 0 spiro atoms. The van der Waals surface area contributed by atoms with Gasteiger partial charge in [-0.3, -0.25) is 14.4 Å². The molecule has 0 aromatic rings. The summed E-state index contributed by atoms with van der Waals surface area (Å²) >= 11 is 0. The Labute approximate surface area is 105 Å². The van der Waals surface area contributed by atoms with Crippen LogP contribution in [0, 0.1) is 0 Å². The normalized spacial score (nSPS) is 11.8. The molecule has 104 valence electrons. The number of esters is 3. The third-order valence-electron chi connectivity index (χ3n) is 1.67. The zero-order valence-electron chi connectivity index (χ0n) is 10.9. The molecule has 0 fully saturated rings. The second-order valence-corrected chi connectivity index (χ2v) is 3.39. The van der Waals surface area contributed by atoms with Gasteiger partial charge in [0.05, 0.1) is 6.61 Å². The van der Waals surface area contributed by atoms with E-state index in [1.54, 1.807) is 6.92 Å². The molecule has 0 rings (SSSR count). The number of carbonyl (C=O) groups excluding carboxylic acids is 3. The van der Waals surface area contributed by atoms with E-state index < -0.39 is 30.3 Å². The molecule has 0 N–H and O–H groups in total. The lowest BCUT2D eigenvalue weighted by molar-refractivity contribution is -0.217. The second kappa shape index (κ2) is 8.46. The molecule has 0 saturated carbocycles. The first-order valence-corrected chi connectivity index (χ1v) is 5.46. The molecule has 0 aliphatic rings. The summed E-state index contributed by atoms with van der Waals surface area (Å²) in [7, 11) is 0. The number of ether oxygens (including phenoxy) is 4. The van der Waals surface area contributed by atoms with Crippen molar-refractivity contribution in [3.05, 3.63) is 0 Å². The van der Waals surface area contributed by atoms with Crippen LogP contribution in [0.2, 0.25) is 0 Å². The number of hydrogen-bond acceptors (Lipinski definition) is 7. The molecule has 1 unspecified atom stereocenters. The fourth-order valence-corrected chi connectivity index (χ4v) is 1.12. The van der Waals surface area contributed by atoms with E-state index in [2.05, 4.69) is 0 Å². The Bertz CT molecular complexity index is 284. The van der Waals surface area contributed by atoms with Gasteiger partial charge in [-0.15, -0.1) is 0 Å². The van der Waals surface area contributed by atoms with E-state index in [1.165, 1.54) is 6.92 Å². The largest absolute Gasteiger partial charge is 0.452 e. The lowest BCUT2D eigenvalue weighted by Crippen LogP contribution is -2.40. The van der Waals surface area contributed by atoms with Crippen LogP contribution in [0.3, 0.4) is 0 Å². The van der Waals surface area contributed by atoms with E-state index in [9.17, 15) is 14.4 Å². The second-order valence-electron chi connectivity index (χ2n) is 3.39. The minimum absolute atomic E-state index is 0.0404. The van der Waals surface area contributed by atoms with Crippen molar-refractivity contribution in [2.24, 2.45) is 0 Å². The molecule has 0 aromatic carbocycles. The Morgan fingerprint density at radius 2 is 1.33 bits per heavy atom. The molecule has 0 aliphatic carbocycles. The zero-order valence-corrected chi connectivity index (χ0v) is 10.9. The summed E-state index contributed by atoms with van der Waals surface area (Å²) in [4.78, 5) is 32.7. The highest BCUT2D eigenvalue weighted by molar-refractivity contribution is 5.69. The van der Waals surface area contributed by atoms with Crippen molar-refractivity contribution >= 4 is 17.9 Å². The lowest BCUT2D eigenvalue weighted by Gasteiger charge is -2.25. The summed E-state index contributed by atoms with van der Waals surface area (Å²) in [6, 6.07) is 0. The van der Waals surface area contributed by atoms with Crippen LogP contribution < -0.4 is 0 Å². The third-order valence-corrected chi connectivity index (χ3v) is 1.67. The van der Waals surface area contributed by atoms with Gasteiger partial charge in [0.1, 0.15) is 0 Å². The Morgan fingerprint density at radius 3 is 1.67 bits per heavy atom. The first kappa shape index (κ1) is 16.4. The number of rotatable bonds is 7. The van der Waals surface area contributed by atoms with Crippen LogP contribution in [-0.2, 0) is 33.3 Å². The maximum Gasteiger partial charge on any atom is 0.305 e. The predicted octanol–water partition coefficient (Wildman–Crippen LogP) is 0.407. The van der Waals surface area contributed by atoms with Crippen molar-refractivity contribution in [2.75, 3.05) is 13.2 Å². The summed E-state index contributed by atoms with van der Waals surface area (Å²) in [5, 5.41) is 0. The highest BCUT2D eigenvalue weighted by Crippen LogP contribution is 2.09. The van der Waals surface area contributed by atoms with Gasteiger partial charge in [-0.2, -0.15) is 0 Å². The van der Waals surface area contributed by atoms with Crippen molar-refractivity contribution < 1.29 is 33.3 Å². The van der Waals surface area contributed by atoms with Gasteiger partial charge in [-0.05, 0) is 6.92 Å². The molecule has 0 radical (unpaired) electrons. The van der Waals surface area contributed by atoms with Crippen molar-refractivity contribution in [3.63, 3.8) is 0 Å². The molecule has 0 aromatic heterocycles. The fraction of sp³-hybridized carbons (Fsp3) is 0.727. The highest BCUT2D eigenvalue weighted by atomic mass is 16.7. The van der Waals surface area contributed by atoms with Gasteiger partial charge in [0.25, 0.3) is 6.29 Å². The monoisotopic (exact) mass is 262 g/mol. The topological polar surface area (TPSA) is 88.1 Å². The van der Waals surface area contributed by atoms with E-state index >= 15 is 0 Å². The smallest absolute Gasteiger partial charge is 0.305 e. The Hall–Kier alpha value is -1.63. The van der Waals surface area contributed by atoms with Crippen LogP contribution in [-0.4, -0.2) is 43.5 Å². The van der Waals surface area contributed by atoms with Crippen molar-refractivity contribution in [1.82, 2.24) is 0 Å². The van der Waals surface area contributed by atoms with Gasteiger partial charge in [-0.25, -0.2) is 0 Å². The summed E-state index contributed by atoms with van der Waals surface area (Å²) < 4.78 is 19.5. The van der Waals surface area contributed by atoms with Crippen LogP contribution in [0.4, 0.5) is 0 Å². The lowest BCUT2D eigenvalue weighted by atomic mass is 10.3. The average molecular weight is 262 g/mol. The summed E-state index contributed by atoms with van der Waals surface area (Å²) in [6.45, 7) is 5.59. The molecule has 18 heavy (non-hydrogen) atoms. The first-order valence-electron chi connectivity index (χ1n) is 5.46. The van der Waals surface area contributed by atoms with Crippen molar-refractivity contribution in [2.45, 2.75) is 40.1 Å². The van der Waals surface area contributed by atoms with Gasteiger partial charge in [0, 0.05) is 27.4 Å². The fourth-order valence-electron chi connectivity index (χ4n) is 1.12. The Kier molecular flexibility index (Phi) is 7.69. The average Bonchev–Trinajstić information content (AvgIpc) is 2.21. The van der Waals surface area contributed by atoms with Crippen LogP contribution >= 0.6 is 0 Å². The Morgan fingerprint density at radius 1 is 0.889 bits per heavy atom. The molecule has 1 atom stereocenters. The minimum Gasteiger partial charge on any atom is -0.452 e. The van der Waals surface area contributed by atoms with Gasteiger partial charge in [0.15, 0.2) is 6.10 Å². The SMILES string of the molecule is CCOCC(OC(C)=O)C(OC(C)=O)OC(C)=O. The van der Waals surface area contributed by atoms with E-state index in [1.807, 2.05) is 0 Å². The molecular formula is C11H18O7. The molecule has 0 aliphatic heterocycles.